The van der Waals surface area contributed by atoms with E-state index < -0.39 is 0 Å². The van der Waals surface area contributed by atoms with E-state index in [0.29, 0.717) is 19.2 Å². The van der Waals surface area contributed by atoms with Gasteiger partial charge in [0.05, 0.1) is 6.61 Å². The Hall–Kier alpha value is -0.970. The average molecular weight is 282 g/mol. The number of halogens is 1. The lowest BCUT2D eigenvalue weighted by Gasteiger charge is -2.37. The van der Waals surface area contributed by atoms with Crippen molar-refractivity contribution in [1.29, 1.82) is 0 Å². The number of benzene rings is 1. The topological polar surface area (TPSA) is 38.5 Å². The molecule has 1 atom stereocenters. The van der Waals surface area contributed by atoms with Crippen LogP contribution in [0, 0.1) is 5.82 Å². The third kappa shape index (κ3) is 4.54. The molecule has 0 saturated carbocycles. The maximum atomic E-state index is 13.1. The zero-order chi connectivity index (χ0) is 15.0. The third-order valence-electron chi connectivity index (χ3n) is 3.84. The van der Waals surface area contributed by atoms with E-state index in [9.17, 15) is 4.39 Å². The van der Waals surface area contributed by atoms with E-state index >= 15 is 0 Å². The van der Waals surface area contributed by atoms with E-state index in [1.54, 1.807) is 7.11 Å². The molecule has 0 spiro atoms. The second-order valence-electron chi connectivity index (χ2n) is 5.00. The van der Waals surface area contributed by atoms with Gasteiger partial charge in [-0.1, -0.05) is 26.0 Å². The quantitative estimate of drug-likeness (QED) is 0.757. The fraction of sp³-hybridized carbons (Fsp3) is 0.625. The van der Waals surface area contributed by atoms with E-state index in [0.717, 1.165) is 24.9 Å². The zero-order valence-electron chi connectivity index (χ0n) is 12.8. The summed E-state index contributed by atoms with van der Waals surface area (Å²) >= 11 is 0. The first-order chi connectivity index (χ1) is 9.67. The molecule has 0 radical (unpaired) electrons. The first kappa shape index (κ1) is 17.1. The van der Waals surface area contributed by atoms with Gasteiger partial charge in [-0.3, -0.25) is 4.90 Å². The molecule has 1 aromatic carbocycles. The van der Waals surface area contributed by atoms with Gasteiger partial charge in [0, 0.05) is 32.3 Å². The summed E-state index contributed by atoms with van der Waals surface area (Å²) < 4.78 is 18.3. The lowest BCUT2D eigenvalue weighted by Crippen LogP contribution is -2.42. The van der Waals surface area contributed by atoms with Crippen LogP contribution in [0.5, 0.6) is 0 Å². The van der Waals surface area contributed by atoms with Gasteiger partial charge in [-0.05, 0) is 30.5 Å². The number of methoxy groups -OCH3 is 1. The molecule has 0 aliphatic rings. The summed E-state index contributed by atoms with van der Waals surface area (Å²) in [4.78, 5) is 2.39. The maximum absolute atomic E-state index is 13.1. The minimum absolute atomic E-state index is 0.107. The molecule has 1 aromatic rings. The molecule has 0 fully saturated rings. The molecule has 2 N–H and O–H groups in total. The Labute approximate surface area is 121 Å². The van der Waals surface area contributed by atoms with Crippen LogP contribution in [0.2, 0.25) is 0 Å². The summed E-state index contributed by atoms with van der Waals surface area (Å²) in [5.74, 6) is -0.213. The highest BCUT2D eigenvalue weighted by molar-refractivity contribution is 5.20. The number of nitrogens with zero attached hydrogens (tertiary/aromatic N) is 1. The molecule has 0 aromatic heterocycles. The Balaban J connectivity index is 2.96. The van der Waals surface area contributed by atoms with Crippen molar-refractivity contribution in [3.05, 3.63) is 35.6 Å². The summed E-state index contributed by atoms with van der Waals surface area (Å²) in [5, 5.41) is 0. The van der Waals surface area contributed by atoms with E-state index in [4.69, 9.17) is 10.5 Å². The van der Waals surface area contributed by atoms with Crippen LogP contribution in [-0.2, 0) is 4.74 Å². The molecule has 0 heterocycles. The van der Waals surface area contributed by atoms with Crippen molar-refractivity contribution in [3.8, 4) is 0 Å². The first-order valence-corrected chi connectivity index (χ1v) is 7.38. The summed E-state index contributed by atoms with van der Waals surface area (Å²) in [6, 6.07) is 7.22. The normalized spacial score (nSPS) is 13.2. The fourth-order valence-corrected chi connectivity index (χ4v) is 2.70. The molecular formula is C16H27FN2O. The van der Waals surface area contributed by atoms with Gasteiger partial charge < -0.3 is 10.5 Å². The van der Waals surface area contributed by atoms with Crippen LogP contribution in [0.1, 0.15) is 38.3 Å². The molecule has 0 amide bonds. The molecule has 0 bridgehead atoms. The van der Waals surface area contributed by atoms with Gasteiger partial charge in [-0.25, -0.2) is 4.39 Å². The van der Waals surface area contributed by atoms with Crippen LogP contribution in [-0.4, -0.2) is 37.7 Å². The monoisotopic (exact) mass is 282 g/mol. The minimum atomic E-state index is -0.213. The third-order valence-corrected chi connectivity index (χ3v) is 3.84. The van der Waals surface area contributed by atoms with Gasteiger partial charge in [0.1, 0.15) is 5.82 Å². The molecule has 20 heavy (non-hydrogen) atoms. The van der Waals surface area contributed by atoms with Crippen LogP contribution >= 0.6 is 0 Å². The van der Waals surface area contributed by atoms with E-state index in [1.807, 2.05) is 12.1 Å². The summed E-state index contributed by atoms with van der Waals surface area (Å²) in [6.45, 7) is 6.40. The minimum Gasteiger partial charge on any atom is -0.383 e. The van der Waals surface area contributed by atoms with Crippen LogP contribution in [0.25, 0.3) is 0 Å². The van der Waals surface area contributed by atoms with Crippen molar-refractivity contribution in [1.82, 2.24) is 4.90 Å². The second kappa shape index (κ2) is 9.06. The van der Waals surface area contributed by atoms with Crippen LogP contribution in [0.15, 0.2) is 24.3 Å². The average Bonchev–Trinajstić information content (AvgIpc) is 2.47. The standard InChI is InChI=1S/C16H27FN2O/c1-4-15(5-2)19(10-11-20-3)16(12-18)13-6-8-14(17)9-7-13/h6-9,15-16H,4-5,10-12,18H2,1-3H3. The Morgan fingerprint density at radius 1 is 1.20 bits per heavy atom. The smallest absolute Gasteiger partial charge is 0.123 e. The van der Waals surface area contributed by atoms with Gasteiger partial charge in [-0.2, -0.15) is 0 Å². The highest BCUT2D eigenvalue weighted by Gasteiger charge is 2.24. The second-order valence-corrected chi connectivity index (χ2v) is 5.00. The Morgan fingerprint density at radius 3 is 2.25 bits per heavy atom. The summed E-state index contributed by atoms with van der Waals surface area (Å²) in [6.07, 6.45) is 2.13. The van der Waals surface area contributed by atoms with Crippen LogP contribution < -0.4 is 5.73 Å². The molecule has 114 valence electrons. The van der Waals surface area contributed by atoms with Gasteiger partial charge in [0.15, 0.2) is 0 Å². The molecule has 0 aliphatic carbocycles. The van der Waals surface area contributed by atoms with Crippen LogP contribution in [0.4, 0.5) is 4.39 Å². The van der Waals surface area contributed by atoms with Crippen molar-refractivity contribution in [2.45, 2.75) is 38.8 Å². The van der Waals surface area contributed by atoms with Crippen molar-refractivity contribution in [3.63, 3.8) is 0 Å². The van der Waals surface area contributed by atoms with E-state index in [2.05, 4.69) is 18.7 Å². The molecular weight excluding hydrogens is 255 g/mol. The Kier molecular flexibility index (Phi) is 7.73. The highest BCUT2D eigenvalue weighted by atomic mass is 19.1. The number of ether oxygens (including phenoxy) is 1. The highest BCUT2D eigenvalue weighted by Crippen LogP contribution is 2.24. The predicted octanol–water partition coefficient (Wildman–Crippen LogP) is 2.96. The Bertz CT molecular complexity index is 365. The van der Waals surface area contributed by atoms with Gasteiger partial charge in [0.2, 0.25) is 0 Å². The molecule has 4 heteroatoms. The van der Waals surface area contributed by atoms with E-state index in [-0.39, 0.29) is 11.9 Å². The van der Waals surface area contributed by atoms with Gasteiger partial charge in [0.25, 0.3) is 0 Å². The largest absolute Gasteiger partial charge is 0.383 e. The molecule has 0 aliphatic heterocycles. The first-order valence-electron chi connectivity index (χ1n) is 7.38. The summed E-state index contributed by atoms with van der Waals surface area (Å²) in [7, 11) is 1.71. The lowest BCUT2D eigenvalue weighted by atomic mass is 10.0. The maximum Gasteiger partial charge on any atom is 0.123 e. The van der Waals surface area contributed by atoms with Crippen molar-refractivity contribution >= 4 is 0 Å². The van der Waals surface area contributed by atoms with Gasteiger partial charge in [-0.15, -0.1) is 0 Å². The molecule has 1 rings (SSSR count). The lowest BCUT2D eigenvalue weighted by molar-refractivity contribution is 0.0817. The van der Waals surface area contributed by atoms with Crippen LogP contribution in [0.3, 0.4) is 0 Å². The van der Waals surface area contributed by atoms with Crippen molar-refractivity contribution < 1.29 is 9.13 Å². The summed E-state index contributed by atoms with van der Waals surface area (Å²) in [5.41, 5.74) is 7.05. The number of hydrogen-bond donors (Lipinski definition) is 1. The fourth-order valence-electron chi connectivity index (χ4n) is 2.70. The number of nitrogens with two attached hydrogens (primary N) is 1. The SMILES string of the molecule is CCC(CC)N(CCOC)C(CN)c1ccc(F)cc1. The Morgan fingerprint density at radius 2 is 1.80 bits per heavy atom. The van der Waals surface area contributed by atoms with E-state index in [1.165, 1.54) is 12.1 Å². The molecule has 3 nitrogen and oxygen atoms in total. The number of hydrogen-bond acceptors (Lipinski definition) is 3. The predicted molar refractivity (Wildman–Crippen MR) is 81.1 cm³/mol. The number of rotatable bonds is 9. The zero-order valence-corrected chi connectivity index (χ0v) is 12.8. The van der Waals surface area contributed by atoms with Crippen molar-refractivity contribution in [2.75, 3.05) is 26.8 Å². The molecule has 0 saturated heterocycles. The van der Waals surface area contributed by atoms with Gasteiger partial charge >= 0.3 is 0 Å². The van der Waals surface area contributed by atoms with Crippen molar-refractivity contribution in [2.24, 2.45) is 5.73 Å². The molecule has 1 unspecified atom stereocenters.